The second-order valence-electron chi connectivity index (χ2n) is 12.4. The SMILES string of the molecule is COc1ccc(CN(CCCNC[C@H](O)c2ccc(O)c3[nH]c(=O)ccc23)C(=O)c2ccc(COc3cccc(C4=CC=CC[CH]4)c3)cc2)cc1. The van der Waals surface area contributed by atoms with Gasteiger partial charge in [0, 0.05) is 36.7 Å². The Morgan fingerprint density at radius 2 is 1.76 bits per heavy atom. The van der Waals surface area contributed by atoms with Crippen LogP contribution in [-0.4, -0.2) is 52.7 Å². The largest absolute Gasteiger partial charge is 0.506 e. The Morgan fingerprint density at radius 1 is 0.961 bits per heavy atom. The van der Waals surface area contributed by atoms with Gasteiger partial charge in [-0.1, -0.05) is 60.7 Å². The molecule has 0 saturated heterocycles. The molecule has 0 unspecified atom stereocenters. The number of H-pyrrole nitrogens is 1. The minimum atomic E-state index is -0.868. The van der Waals surface area contributed by atoms with Crippen LogP contribution in [0.5, 0.6) is 17.2 Å². The first-order valence-corrected chi connectivity index (χ1v) is 17.1. The molecule has 5 aromatic rings. The maximum atomic E-state index is 13.8. The minimum absolute atomic E-state index is 0.0537. The van der Waals surface area contributed by atoms with Crippen LogP contribution in [0.2, 0.25) is 0 Å². The van der Waals surface area contributed by atoms with Crippen LogP contribution < -0.4 is 20.3 Å². The maximum Gasteiger partial charge on any atom is 0.254 e. The summed E-state index contributed by atoms with van der Waals surface area (Å²) in [5.74, 6) is 1.40. The van der Waals surface area contributed by atoms with E-state index in [1.807, 2.05) is 71.6 Å². The molecular weight excluding hydrogens is 642 g/mol. The molecule has 9 heteroatoms. The van der Waals surface area contributed by atoms with Crippen LogP contribution in [0.25, 0.3) is 16.5 Å². The number of pyridine rings is 1. The third-order valence-electron chi connectivity index (χ3n) is 8.86. The van der Waals surface area contributed by atoms with E-state index in [4.69, 9.17) is 9.47 Å². The number of benzene rings is 4. The Bertz CT molecular complexity index is 2070. The lowest BCUT2D eigenvalue weighted by Crippen LogP contribution is -2.33. The molecule has 1 radical (unpaired) electrons. The maximum absolute atomic E-state index is 13.8. The first-order valence-electron chi connectivity index (χ1n) is 17.1. The Labute approximate surface area is 297 Å². The van der Waals surface area contributed by atoms with Crippen LogP contribution in [0.4, 0.5) is 0 Å². The molecule has 0 saturated carbocycles. The van der Waals surface area contributed by atoms with Crippen molar-refractivity contribution in [1.29, 1.82) is 0 Å². The van der Waals surface area contributed by atoms with E-state index in [1.54, 1.807) is 19.2 Å². The van der Waals surface area contributed by atoms with Gasteiger partial charge in [0.15, 0.2) is 0 Å². The number of amides is 1. The number of aliphatic hydroxyl groups is 1. The smallest absolute Gasteiger partial charge is 0.254 e. The van der Waals surface area contributed by atoms with E-state index in [1.165, 1.54) is 17.7 Å². The Hall–Kier alpha value is -5.64. The molecule has 0 spiro atoms. The van der Waals surface area contributed by atoms with Gasteiger partial charge in [0.1, 0.15) is 23.9 Å². The van der Waals surface area contributed by atoms with E-state index in [0.717, 1.165) is 34.6 Å². The van der Waals surface area contributed by atoms with Gasteiger partial charge in [0.2, 0.25) is 5.56 Å². The zero-order valence-electron chi connectivity index (χ0n) is 28.5. The number of aromatic amines is 1. The molecule has 51 heavy (non-hydrogen) atoms. The summed E-state index contributed by atoms with van der Waals surface area (Å²) in [4.78, 5) is 30.0. The molecule has 4 N–H and O–H groups in total. The van der Waals surface area contributed by atoms with Gasteiger partial charge in [0.25, 0.3) is 5.91 Å². The lowest BCUT2D eigenvalue weighted by atomic mass is 9.97. The fourth-order valence-corrected chi connectivity index (χ4v) is 6.08. The molecule has 9 nitrogen and oxygen atoms in total. The first-order chi connectivity index (χ1) is 24.9. The predicted octanol–water partition coefficient (Wildman–Crippen LogP) is 6.72. The van der Waals surface area contributed by atoms with Crippen molar-refractivity contribution in [3.63, 3.8) is 0 Å². The molecule has 0 bridgehead atoms. The number of hydrogen-bond acceptors (Lipinski definition) is 7. The second kappa shape index (κ2) is 16.8. The van der Waals surface area contributed by atoms with Crippen molar-refractivity contribution in [2.75, 3.05) is 26.7 Å². The third-order valence-corrected chi connectivity index (χ3v) is 8.86. The third kappa shape index (κ3) is 9.13. The van der Waals surface area contributed by atoms with Crippen LogP contribution in [0.1, 0.15) is 51.6 Å². The number of fused-ring (bicyclic) bond motifs is 1. The summed E-state index contributed by atoms with van der Waals surface area (Å²) >= 11 is 0. The lowest BCUT2D eigenvalue weighted by Gasteiger charge is -2.24. The molecule has 1 aliphatic rings. The van der Waals surface area contributed by atoms with E-state index in [0.29, 0.717) is 54.7 Å². The fraction of sp³-hybridized carbons (Fsp3) is 0.214. The average molecular weight is 685 g/mol. The van der Waals surface area contributed by atoms with Gasteiger partial charge in [-0.3, -0.25) is 9.59 Å². The van der Waals surface area contributed by atoms with Crippen molar-refractivity contribution < 1.29 is 24.5 Å². The zero-order chi connectivity index (χ0) is 35.6. The fourth-order valence-electron chi connectivity index (χ4n) is 6.08. The molecule has 6 rings (SSSR count). The highest BCUT2D eigenvalue weighted by atomic mass is 16.5. The molecule has 1 atom stereocenters. The van der Waals surface area contributed by atoms with Crippen molar-refractivity contribution >= 4 is 22.4 Å². The molecule has 261 valence electrons. The normalized spacial score (nSPS) is 13.1. The van der Waals surface area contributed by atoms with Crippen molar-refractivity contribution in [1.82, 2.24) is 15.2 Å². The van der Waals surface area contributed by atoms with Gasteiger partial charge < -0.3 is 34.9 Å². The number of allylic oxidation sites excluding steroid dienone is 4. The van der Waals surface area contributed by atoms with E-state index in [9.17, 15) is 19.8 Å². The van der Waals surface area contributed by atoms with Crippen LogP contribution in [0.3, 0.4) is 0 Å². The first kappa shape index (κ1) is 35.2. The zero-order valence-corrected chi connectivity index (χ0v) is 28.5. The molecule has 1 heterocycles. The number of phenolic OH excluding ortho intramolecular Hbond substituents is 1. The van der Waals surface area contributed by atoms with E-state index >= 15 is 0 Å². The molecule has 1 aromatic heterocycles. The van der Waals surface area contributed by atoms with Gasteiger partial charge in [-0.25, -0.2) is 0 Å². The number of aromatic nitrogens is 1. The quantitative estimate of drug-likeness (QED) is 0.0903. The summed E-state index contributed by atoms with van der Waals surface area (Å²) in [5.41, 5.74) is 5.38. The Morgan fingerprint density at radius 3 is 2.53 bits per heavy atom. The van der Waals surface area contributed by atoms with E-state index in [-0.39, 0.29) is 23.8 Å². The molecule has 0 fully saturated rings. The van der Waals surface area contributed by atoms with Crippen LogP contribution in [0, 0.1) is 6.42 Å². The molecule has 1 aliphatic carbocycles. The van der Waals surface area contributed by atoms with Gasteiger partial charge in [-0.05, 0) is 102 Å². The monoisotopic (exact) mass is 684 g/mol. The van der Waals surface area contributed by atoms with Crippen molar-refractivity contribution in [3.8, 4) is 17.2 Å². The standard InChI is InChI=1S/C42H42N3O6/c1-50-34-17-13-29(14-18-34)27-45(24-6-23-43-26-39(47)36-19-21-38(46)41-37(36)20-22-40(48)44-41)42(49)32-15-11-30(12-16-32)28-51-35-10-5-9-33(25-35)31-7-3-2-4-8-31/h2-3,5,7-22,25,39,43,46-47H,4,6,23-24,26-28H2,1H3,(H,44,48)/t39-/m0/s1. The number of phenols is 1. The van der Waals surface area contributed by atoms with Crippen LogP contribution >= 0.6 is 0 Å². The molecule has 0 aliphatic heterocycles. The van der Waals surface area contributed by atoms with Gasteiger partial charge in [-0.15, -0.1) is 0 Å². The number of aromatic hydroxyl groups is 1. The number of nitrogens with zero attached hydrogens (tertiary/aromatic N) is 1. The van der Waals surface area contributed by atoms with E-state index in [2.05, 4.69) is 41.0 Å². The topological polar surface area (TPSA) is 124 Å². The average Bonchev–Trinajstić information content (AvgIpc) is 3.17. The summed E-state index contributed by atoms with van der Waals surface area (Å²) in [6.07, 6.45) is 9.19. The number of carbonyl (C=O) groups is 1. The van der Waals surface area contributed by atoms with E-state index < -0.39 is 6.10 Å². The summed E-state index contributed by atoms with van der Waals surface area (Å²) in [6.45, 7) is 2.11. The molecular formula is C42H42N3O6. The van der Waals surface area contributed by atoms with Gasteiger partial charge in [-0.2, -0.15) is 0 Å². The summed E-state index contributed by atoms with van der Waals surface area (Å²) in [7, 11) is 1.62. The summed E-state index contributed by atoms with van der Waals surface area (Å²) in [6, 6.07) is 29.4. The van der Waals surface area contributed by atoms with Crippen molar-refractivity contribution in [2.24, 2.45) is 0 Å². The van der Waals surface area contributed by atoms with Gasteiger partial charge >= 0.3 is 0 Å². The Kier molecular flexibility index (Phi) is 11.6. The van der Waals surface area contributed by atoms with Gasteiger partial charge in [0.05, 0.1) is 18.7 Å². The number of aliphatic hydroxyl groups excluding tert-OH is 1. The number of carbonyl (C=O) groups excluding carboxylic acids is 1. The number of hydrogen-bond donors (Lipinski definition) is 4. The van der Waals surface area contributed by atoms with Crippen molar-refractivity contribution in [2.45, 2.75) is 32.1 Å². The van der Waals surface area contributed by atoms with Crippen LogP contribution in [0.15, 0.2) is 120 Å². The highest BCUT2D eigenvalue weighted by molar-refractivity contribution is 5.94. The molecule has 1 amide bonds. The highest BCUT2D eigenvalue weighted by Crippen LogP contribution is 2.29. The lowest BCUT2D eigenvalue weighted by molar-refractivity contribution is 0.0740. The second-order valence-corrected chi connectivity index (χ2v) is 12.4. The number of methoxy groups -OCH3 is 1. The number of rotatable bonds is 15. The number of ether oxygens (including phenoxy) is 2. The molecule has 4 aromatic carbocycles. The summed E-state index contributed by atoms with van der Waals surface area (Å²) < 4.78 is 11.4. The number of nitrogens with one attached hydrogen (secondary N) is 2. The summed E-state index contributed by atoms with van der Waals surface area (Å²) in [5, 5.41) is 25.0. The Balaban J connectivity index is 1.06. The van der Waals surface area contributed by atoms with Crippen molar-refractivity contribution in [3.05, 3.63) is 160 Å². The predicted molar refractivity (Wildman–Crippen MR) is 200 cm³/mol. The minimum Gasteiger partial charge on any atom is -0.506 e. The van der Waals surface area contributed by atoms with Crippen LogP contribution in [-0.2, 0) is 13.2 Å². The highest BCUT2D eigenvalue weighted by Gasteiger charge is 2.18.